The molecule has 0 atom stereocenters. The van der Waals surface area contributed by atoms with Crippen LogP contribution in [0.15, 0.2) is 36.5 Å². The van der Waals surface area contributed by atoms with Gasteiger partial charge in [-0.15, -0.1) is 38.7 Å². The quantitative estimate of drug-likeness (QED) is 0.549. The average Bonchev–Trinajstić information content (AvgIpc) is 2.25. The first-order valence-electron chi connectivity index (χ1n) is 5.09. The predicted octanol–water partition coefficient (Wildman–Crippen LogP) is 4.72. The monoisotopic (exact) mass is 370 g/mol. The summed E-state index contributed by atoms with van der Waals surface area (Å²) in [7, 11) is 0. The molecule has 0 saturated heterocycles. The fourth-order valence-electron chi connectivity index (χ4n) is 0.385. The summed E-state index contributed by atoms with van der Waals surface area (Å²) in [5.74, 6) is 0. The Kier molecular flexibility index (Phi) is 107. The van der Waals surface area contributed by atoms with Crippen molar-refractivity contribution >= 4 is 24.8 Å². The first-order chi connectivity index (χ1) is 7.24. The standard InChI is InChI=1S/2C6H9.C2H6O.2ClH.Zr/c2*1-3-5-6-4-2;1-2-3;;;/h2*3,5-6H,1-2H3;3H,2H2,1H3;2*1H;/q2*-1;;;;+2. The van der Waals surface area contributed by atoms with E-state index in [1.165, 1.54) is 0 Å². The van der Waals surface area contributed by atoms with Crippen LogP contribution < -0.4 is 0 Å². The first-order valence-corrected chi connectivity index (χ1v) is 5.09. The number of halogens is 2. The summed E-state index contributed by atoms with van der Waals surface area (Å²) in [5.41, 5.74) is 0. The van der Waals surface area contributed by atoms with Crippen molar-refractivity contribution in [2.75, 3.05) is 6.61 Å². The van der Waals surface area contributed by atoms with E-state index in [2.05, 4.69) is 12.2 Å². The van der Waals surface area contributed by atoms with E-state index in [0.29, 0.717) is 0 Å². The fourth-order valence-corrected chi connectivity index (χ4v) is 0.385. The molecule has 4 heteroatoms. The van der Waals surface area contributed by atoms with Gasteiger partial charge in [0.25, 0.3) is 0 Å². The predicted molar refractivity (Wildman–Crippen MR) is 83.9 cm³/mol. The fraction of sp³-hybridized carbons (Fsp3) is 0.429. The van der Waals surface area contributed by atoms with E-state index in [1.807, 2.05) is 64.2 Å². The van der Waals surface area contributed by atoms with Gasteiger partial charge in [-0.05, 0) is 6.92 Å². The number of hydrogen-bond acceptors (Lipinski definition) is 1. The smallest absolute Gasteiger partial charge is 0.397 e. The molecule has 0 aliphatic rings. The minimum atomic E-state index is 0. The van der Waals surface area contributed by atoms with E-state index >= 15 is 0 Å². The molecular weight excluding hydrogens is 346 g/mol. The van der Waals surface area contributed by atoms with Gasteiger partial charge in [0.1, 0.15) is 0 Å². The van der Waals surface area contributed by atoms with Crippen molar-refractivity contribution in [1.29, 1.82) is 0 Å². The van der Waals surface area contributed by atoms with Crippen LogP contribution in [-0.4, -0.2) is 11.7 Å². The van der Waals surface area contributed by atoms with E-state index in [-0.39, 0.29) is 57.6 Å². The summed E-state index contributed by atoms with van der Waals surface area (Å²) in [5, 5.41) is 7.57. The summed E-state index contributed by atoms with van der Waals surface area (Å²) in [4.78, 5) is 0. The minimum absolute atomic E-state index is 0. The molecule has 0 aliphatic heterocycles. The third kappa shape index (κ3) is 95.2. The molecule has 0 bridgehead atoms. The molecule has 0 amide bonds. The maximum absolute atomic E-state index is 7.57. The van der Waals surface area contributed by atoms with E-state index < -0.39 is 0 Å². The number of aliphatic hydroxyl groups is 1. The van der Waals surface area contributed by atoms with Gasteiger partial charge in [0.15, 0.2) is 0 Å². The molecule has 0 fully saturated rings. The van der Waals surface area contributed by atoms with Crippen LogP contribution in [0.25, 0.3) is 0 Å². The average molecular weight is 372 g/mol. The second kappa shape index (κ2) is 53.0. The van der Waals surface area contributed by atoms with Gasteiger partial charge >= 0.3 is 26.2 Å². The van der Waals surface area contributed by atoms with Crippen molar-refractivity contribution in [1.82, 2.24) is 0 Å². The molecule has 0 radical (unpaired) electrons. The molecule has 0 aromatic carbocycles. The molecule has 0 spiro atoms. The maximum atomic E-state index is 7.57. The van der Waals surface area contributed by atoms with Crippen LogP contribution in [0.2, 0.25) is 0 Å². The van der Waals surface area contributed by atoms with Crippen molar-refractivity contribution in [2.45, 2.75) is 34.6 Å². The van der Waals surface area contributed by atoms with E-state index in [0.717, 1.165) is 0 Å². The van der Waals surface area contributed by atoms with Gasteiger partial charge in [0.05, 0.1) is 0 Å². The van der Waals surface area contributed by atoms with E-state index in [4.69, 9.17) is 5.11 Å². The molecule has 106 valence electrons. The zero-order valence-corrected chi connectivity index (χ0v) is 16.0. The zero-order chi connectivity index (χ0) is 12.4. The van der Waals surface area contributed by atoms with Gasteiger partial charge in [-0.1, -0.05) is 13.8 Å². The Hall–Kier alpha value is 0.383. The third-order valence-corrected chi connectivity index (χ3v) is 0.911. The zero-order valence-electron chi connectivity index (χ0n) is 11.9. The summed E-state index contributed by atoms with van der Waals surface area (Å²) < 4.78 is 0. The molecule has 1 nitrogen and oxygen atoms in total. The molecule has 18 heavy (non-hydrogen) atoms. The second-order valence-corrected chi connectivity index (χ2v) is 2.28. The summed E-state index contributed by atoms with van der Waals surface area (Å²) in [6.07, 6.45) is 17.3. The molecule has 0 rings (SSSR count). The molecule has 0 aliphatic carbocycles. The van der Waals surface area contributed by atoms with Crippen molar-refractivity contribution < 1.29 is 31.3 Å². The van der Waals surface area contributed by atoms with Crippen LogP contribution in [0, 0.1) is 12.2 Å². The Labute approximate surface area is 145 Å². The van der Waals surface area contributed by atoms with Gasteiger partial charge in [0, 0.05) is 6.61 Å². The van der Waals surface area contributed by atoms with Gasteiger partial charge < -0.3 is 5.11 Å². The van der Waals surface area contributed by atoms with Gasteiger partial charge in [-0.3, -0.25) is 12.2 Å². The maximum Gasteiger partial charge on any atom is 2.00 e. The number of hydrogen-bond donors (Lipinski definition) is 1. The Bertz CT molecular complexity index is 148. The van der Waals surface area contributed by atoms with Crippen molar-refractivity contribution in [2.24, 2.45) is 0 Å². The van der Waals surface area contributed by atoms with Gasteiger partial charge in [-0.25, -0.2) is 24.3 Å². The SMILES string of the molecule is CCO.C[C-]=CC=CC.C[C-]=CC=CC.Cl.Cl.[Zr+2]. The molecule has 1 N–H and O–H groups in total. The summed E-state index contributed by atoms with van der Waals surface area (Å²) >= 11 is 0. The third-order valence-electron chi connectivity index (χ3n) is 0.911. The second-order valence-electron chi connectivity index (χ2n) is 2.28. The topological polar surface area (TPSA) is 20.2 Å². The van der Waals surface area contributed by atoms with Crippen molar-refractivity contribution in [3.8, 4) is 0 Å². The van der Waals surface area contributed by atoms with E-state index in [1.54, 1.807) is 6.92 Å². The Morgan fingerprint density at radius 3 is 1.17 bits per heavy atom. The Morgan fingerprint density at radius 1 is 0.889 bits per heavy atom. The summed E-state index contributed by atoms with van der Waals surface area (Å²) in [6, 6.07) is 0. The minimum Gasteiger partial charge on any atom is -0.397 e. The van der Waals surface area contributed by atoms with Crippen LogP contribution in [0.1, 0.15) is 34.6 Å². The summed E-state index contributed by atoms with van der Waals surface area (Å²) in [6.45, 7) is 9.64. The van der Waals surface area contributed by atoms with Gasteiger partial charge in [-0.2, -0.15) is 12.2 Å². The Morgan fingerprint density at radius 2 is 1.11 bits per heavy atom. The first kappa shape index (κ1) is 36.2. The Balaban J connectivity index is -0.0000000290. The molecule has 0 saturated carbocycles. The molecule has 0 aromatic rings. The number of allylic oxidation sites excluding steroid dienone is 8. The van der Waals surface area contributed by atoms with Crippen molar-refractivity contribution in [3.63, 3.8) is 0 Å². The molecule has 0 aromatic heterocycles. The van der Waals surface area contributed by atoms with Crippen LogP contribution in [0.5, 0.6) is 0 Å². The van der Waals surface area contributed by atoms with Crippen molar-refractivity contribution in [3.05, 3.63) is 48.6 Å². The van der Waals surface area contributed by atoms with Gasteiger partial charge in [0.2, 0.25) is 0 Å². The van der Waals surface area contributed by atoms with Crippen LogP contribution in [0.4, 0.5) is 0 Å². The molecule has 0 unspecified atom stereocenters. The van der Waals surface area contributed by atoms with E-state index in [9.17, 15) is 0 Å². The molecule has 0 heterocycles. The normalized spacial score (nSPS) is 8.78. The largest absolute Gasteiger partial charge is 2.00 e. The molecular formula is C14H26Cl2OZr. The van der Waals surface area contributed by atoms with Crippen LogP contribution in [-0.2, 0) is 26.2 Å². The number of rotatable bonds is 2. The number of aliphatic hydroxyl groups excluding tert-OH is 1. The van der Waals surface area contributed by atoms with Crippen LogP contribution >= 0.6 is 24.8 Å². The van der Waals surface area contributed by atoms with Crippen LogP contribution in [0.3, 0.4) is 0 Å².